The van der Waals surface area contributed by atoms with E-state index in [2.05, 4.69) is 47.4 Å². The summed E-state index contributed by atoms with van der Waals surface area (Å²) in [5.74, 6) is 0. The maximum atomic E-state index is 5.57. The molecule has 1 radical (unpaired) electrons. The van der Waals surface area contributed by atoms with Crippen LogP contribution < -0.4 is 5.73 Å². The average Bonchev–Trinajstić information content (AvgIpc) is 2.26. The van der Waals surface area contributed by atoms with Gasteiger partial charge in [-0.2, -0.15) is 0 Å². The van der Waals surface area contributed by atoms with Crippen LogP contribution in [0.25, 0.3) is 0 Å². The van der Waals surface area contributed by atoms with Crippen LogP contribution in [-0.4, -0.2) is 0 Å². The second-order valence-corrected chi connectivity index (χ2v) is 5.27. The summed E-state index contributed by atoms with van der Waals surface area (Å²) in [7, 11) is 2.87. The molecule has 2 N–H and O–H groups in total. The number of nitrogens with two attached hydrogens (primary N) is 1. The maximum Gasteiger partial charge on any atom is 0.0178 e. The molecule has 0 spiro atoms. The Bertz CT molecular complexity index is 290. The second kappa shape index (κ2) is 5.63. The third-order valence-electron chi connectivity index (χ3n) is 2.74. The van der Waals surface area contributed by atoms with Crippen molar-refractivity contribution in [2.24, 2.45) is 5.73 Å². The first-order chi connectivity index (χ1) is 7.10. The van der Waals surface area contributed by atoms with Crippen LogP contribution in [0.1, 0.15) is 37.3 Å². The van der Waals surface area contributed by atoms with Gasteiger partial charge in [-0.15, -0.1) is 9.24 Å². The van der Waals surface area contributed by atoms with E-state index in [1.807, 2.05) is 0 Å². The number of benzene rings is 1. The van der Waals surface area contributed by atoms with Gasteiger partial charge in [0.1, 0.15) is 0 Å². The minimum atomic E-state index is -0.0386. The van der Waals surface area contributed by atoms with Crippen molar-refractivity contribution in [2.75, 3.05) is 0 Å². The predicted octanol–water partition coefficient (Wildman–Crippen LogP) is 3.24. The van der Waals surface area contributed by atoms with Crippen molar-refractivity contribution in [3.63, 3.8) is 0 Å². The van der Waals surface area contributed by atoms with Crippen LogP contribution >= 0.6 is 9.24 Å². The lowest BCUT2D eigenvalue weighted by atomic mass is 9.93. The molecule has 0 aliphatic carbocycles. The van der Waals surface area contributed by atoms with Crippen molar-refractivity contribution < 1.29 is 0 Å². The largest absolute Gasteiger partial charge is 0.326 e. The Balaban J connectivity index is 2.75. The lowest BCUT2D eigenvalue weighted by Gasteiger charge is -2.24. The molecule has 2 heteroatoms. The maximum absolute atomic E-state index is 5.57. The molecule has 0 saturated heterocycles. The zero-order valence-corrected chi connectivity index (χ0v) is 10.7. The number of hydrogen-bond acceptors (Lipinski definition) is 1. The standard InChI is InChI=1S/C13H21NP/c1-3-4-9-13(2,15)12-7-5-11(10-14)6-8-12/h5-8H,2-4,9-10,14-15H2,1H3. The molecule has 0 aliphatic heterocycles. The van der Waals surface area contributed by atoms with Gasteiger partial charge >= 0.3 is 0 Å². The van der Waals surface area contributed by atoms with E-state index in [9.17, 15) is 0 Å². The molecule has 0 aromatic heterocycles. The number of unbranched alkanes of at least 4 members (excludes halogenated alkanes) is 1. The molecular formula is C13H21NP. The summed E-state index contributed by atoms with van der Waals surface area (Å²) in [6.07, 6.45) is 3.54. The molecule has 0 bridgehead atoms. The summed E-state index contributed by atoms with van der Waals surface area (Å²) in [5.41, 5.74) is 8.02. The molecule has 0 fully saturated rings. The van der Waals surface area contributed by atoms with Gasteiger partial charge < -0.3 is 5.73 Å². The predicted molar refractivity (Wildman–Crippen MR) is 70.6 cm³/mol. The molecular weight excluding hydrogens is 201 g/mol. The van der Waals surface area contributed by atoms with Gasteiger partial charge in [-0.3, -0.25) is 0 Å². The van der Waals surface area contributed by atoms with Crippen LogP contribution in [0.2, 0.25) is 0 Å². The van der Waals surface area contributed by atoms with Crippen LogP contribution in [0.4, 0.5) is 0 Å². The monoisotopic (exact) mass is 222 g/mol. The topological polar surface area (TPSA) is 26.0 Å². The van der Waals surface area contributed by atoms with E-state index in [1.54, 1.807) is 0 Å². The van der Waals surface area contributed by atoms with Crippen molar-refractivity contribution in [1.29, 1.82) is 0 Å². The Morgan fingerprint density at radius 2 is 1.93 bits per heavy atom. The zero-order chi connectivity index (χ0) is 11.3. The van der Waals surface area contributed by atoms with Crippen LogP contribution in [0, 0.1) is 6.92 Å². The highest BCUT2D eigenvalue weighted by molar-refractivity contribution is 7.18. The quantitative estimate of drug-likeness (QED) is 0.760. The van der Waals surface area contributed by atoms with Gasteiger partial charge in [0.2, 0.25) is 0 Å². The van der Waals surface area contributed by atoms with Gasteiger partial charge in [-0.1, -0.05) is 44.0 Å². The summed E-state index contributed by atoms with van der Waals surface area (Å²) in [6.45, 7) is 7.08. The summed E-state index contributed by atoms with van der Waals surface area (Å²) in [4.78, 5) is 0. The van der Waals surface area contributed by atoms with E-state index >= 15 is 0 Å². The summed E-state index contributed by atoms with van der Waals surface area (Å²) < 4.78 is 0. The number of hydrogen-bond donors (Lipinski definition) is 1. The SMILES string of the molecule is [CH2]C(P)(CCCC)c1ccc(CN)cc1. The minimum Gasteiger partial charge on any atom is -0.326 e. The highest BCUT2D eigenvalue weighted by Crippen LogP contribution is 2.35. The second-order valence-electron chi connectivity index (χ2n) is 4.16. The highest BCUT2D eigenvalue weighted by Gasteiger charge is 2.19. The minimum absolute atomic E-state index is 0.0386. The smallest absolute Gasteiger partial charge is 0.0178 e. The summed E-state index contributed by atoms with van der Waals surface area (Å²) >= 11 is 0. The fraction of sp³-hybridized carbons (Fsp3) is 0.462. The molecule has 0 amide bonds. The molecule has 2 unspecified atom stereocenters. The molecule has 0 saturated carbocycles. The molecule has 2 atom stereocenters. The first-order valence-corrected chi connectivity index (χ1v) is 6.11. The molecule has 83 valence electrons. The Labute approximate surface area is 95.7 Å². The highest BCUT2D eigenvalue weighted by atomic mass is 31.0. The fourth-order valence-electron chi connectivity index (χ4n) is 1.61. The van der Waals surface area contributed by atoms with E-state index in [4.69, 9.17) is 5.73 Å². The van der Waals surface area contributed by atoms with Gasteiger partial charge in [-0.05, 0) is 24.5 Å². The summed E-state index contributed by atoms with van der Waals surface area (Å²) in [5, 5.41) is -0.0386. The van der Waals surface area contributed by atoms with Crippen LogP contribution in [0.5, 0.6) is 0 Å². The zero-order valence-electron chi connectivity index (χ0n) is 9.50. The Hall–Kier alpha value is -0.390. The van der Waals surface area contributed by atoms with Crippen LogP contribution in [0.15, 0.2) is 24.3 Å². The lowest BCUT2D eigenvalue weighted by molar-refractivity contribution is 0.620. The van der Waals surface area contributed by atoms with E-state index in [0.717, 1.165) is 6.42 Å². The first-order valence-electron chi connectivity index (χ1n) is 5.54. The molecule has 0 heterocycles. The fourth-order valence-corrected chi connectivity index (χ4v) is 2.01. The van der Waals surface area contributed by atoms with Gasteiger partial charge in [0.25, 0.3) is 0 Å². The normalized spacial score (nSPS) is 14.9. The molecule has 1 aromatic rings. The molecule has 1 nitrogen and oxygen atoms in total. The average molecular weight is 222 g/mol. The van der Waals surface area contributed by atoms with Crippen LogP contribution in [0.3, 0.4) is 0 Å². The third kappa shape index (κ3) is 3.59. The van der Waals surface area contributed by atoms with Gasteiger partial charge in [0.15, 0.2) is 0 Å². The third-order valence-corrected chi connectivity index (χ3v) is 3.36. The Kier molecular flexibility index (Phi) is 4.76. The number of rotatable bonds is 5. The Morgan fingerprint density at radius 1 is 1.33 bits per heavy atom. The van der Waals surface area contributed by atoms with Crippen molar-refractivity contribution in [3.8, 4) is 0 Å². The lowest BCUT2D eigenvalue weighted by Crippen LogP contribution is -2.13. The molecule has 1 rings (SSSR count). The van der Waals surface area contributed by atoms with Gasteiger partial charge in [-0.25, -0.2) is 0 Å². The summed E-state index contributed by atoms with van der Waals surface area (Å²) in [6, 6.07) is 8.45. The van der Waals surface area contributed by atoms with E-state index in [1.165, 1.54) is 24.0 Å². The molecule has 1 aromatic carbocycles. The van der Waals surface area contributed by atoms with E-state index < -0.39 is 0 Å². The van der Waals surface area contributed by atoms with Gasteiger partial charge in [0.05, 0.1) is 0 Å². The Morgan fingerprint density at radius 3 is 2.40 bits per heavy atom. The molecule has 15 heavy (non-hydrogen) atoms. The van der Waals surface area contributed by atoms with Crippen molar-refractivity contribution in [1.82, 2.24) is 0 Å². The van der Waals surface area contributed by atoms with E-state index in [0.29, 0.717) is 6.54 Å². The van der Waals surface area contributed by atoms with Crippen molar-refractivity contribution >= 4 is 9.24 Å². The van der Waals surface area contributed by atoms with Crippen LogP contribution in [-0.2, 0) is 11.7 Å². The van der Waals surface area contributed by atoms with E-state index in [-0.39, 0.29) is 5.16 Å². The van der Waals surface area contributed by atoms with Gasteiger partial charge in [0, 0.05) is 11.7 Å². The molecule has 0 aliphatic rings. The van der Waals surface area contributed by atoms with Crippen molar-refractivity contribution in [2.45, 2.75) is 37.9 Å². The first kappa shape index (κ1) is 12.7. The van der Waals surface area contributed by atoms with Crippen molar-refractivity contribution in [3.05, 3.63) is 42.3 Å².